The molecule has 134 valence electrons. The molecule has 0 atom stereocenters. The van der Waals surface area contributed by atoms with E-state index >= 15 is 0 Å². The molecule has 0 unspecified atom stereocenters. The molecule has 3 aromatic rings. The molecule has 1 aromatic heterocycles. The van der Waals surface area contributed by atoms with E-state index < -0.39 is 0 Å². The van der Waals surface area contributed by atoms with Gasteiger partial charge in [0.25, 0.3) is 5.91 Å². The monoisotopic (exact) mass is 351 g/mol. The maximum absolute atomic E-state index is 12.0. The first-order chi connectivity index (χ1) is 12.5. The minimum absolute atomic E-state index is 0.0667. The molecule has 0 aliphatic carbocycles. The molecule has 0 aliphatic rings. The summed E-state index contributed by atoms with van der Waals surface area (Å²) in [5.41, 5.74) is 4.15. The molecule has 6 heteroatoms. The largest absolute Gasteiger partial charge is 0.484 e. The number of nitrogens with one attached hydrogen (secondary N) is 1. The fourth-order valence-corrected chi connectivity index (χ4v) is 2.56. The molecular formula is C20H21N3O3. The molecule has 0 radical (unpaired) electrons. The summed E-state index contributed by atoms with van der Waals surface area (Å²) in [5, 5.41) is 6.67. The van der Waals surface area contributed by atoms with Gasteiger partial charge in [0.2, 0.25) is 11.7 Å². The minimum atomic E-state index is -0.250. The molecule has 26 heavy (non-hydrogen) atoms. The van der Waals surface area contributed by atoms with Crippen LogP contribution in [0.2, 0.25) is 0 Å². The van der Waals surface area contributed by atoms with Crippen molar-refractivity contribution >= 4 is 5.91 Å². The summed E-state index contributed by atoms with van der Waals surface area (Å²) < 4.78 is 10.7. The average Bonchev–Trinajstić information content (AvgIpc) is 3.08. The molecule has 1 N–H and O–H groups in total. The number of carbonyl (C=O) groups is 1. The Morgan fingerprint density at radius 1 is 1.12 bits per heavy atom. The topological polar surface area (TPSA) is 77.2 Å². The van der Waals surface area contributed by atoms with Gasteiger partial charge in [-0.05, 0) is 38.5 Å². The van der Waals surface area contributed by atoms with E-state index in [2.05, 4.69) is 15.5 Å². The van der Waals surface area contributed by atoms with E-state index in [1.54, 1.807) is 0 Å². The van der Waals surface area contributed by atoms with Crippen molar-refractivity contribution in [3.05, 3.63) is 65.0 Å². The highest BCUT2D eigenvalue weighted by Gasteiger charge is 2.11. The van der Waals surface area contributed by atoms with Gasteiger partial charge >= 0.3 is 0 Å². The molecule has 0 spiro atoms. The zero-order valence-corrected chi connectivity index (χ0v) is 15.1. The van der Waals surface area contributed by atoms with Crippen LogP contribution in [-0.4, -0.2) is 22.7 Å². The van der Waals surface area contributed by atoms with Crippen LogP contribution in [0.15, 0.2) is 47.0 Å². The lowest BCUT2D eigenvalue weighted by molar-refractivity contribution is -0.123. The first-order valence-electron chi connectivity index (χ1n) is 8.37. The van der Waals surface area contributed by atoms with E-state index in [4.69, 9.17) is 9.26 Å². The summed E-state index contributed by atoms with van der Waals surface area (Å²) in [4.78, 5) is 16.3. The second-order valence-electron chi connectivity index (χ2n) is 6.22. The first kappa shape index (κ1) is 17.7. The van der Waals surface area contributed by atoms with Crippen molar-refractivity contribution in [3.8, 4) is 17.1 Å². The molecule has 0 fully saturated rings. The van der Waals surface area contributed by atoms with Crippen molar-refractivity contribution in [1.82, 2.24) is 15.5 Å². The van der Waals surface area contributed by atoms with Gasteiger partial charge in [-0.25, -0.2) is 0 Å². The van der Waals surface area contributed by atoms with E-state index in [-0.39, 0.29) is 19.1 Å². The highest BCUT2D eigenvalue weighted by Crippen LogP contribution is 2.19. The lowest BCUT2D eigenvalue weighted by atomic mass is 10.1. The Morgan fingerprint density at radius 2 is 1.92 bits per heavy atom. The number of aromatic nitrogens is 2. The molecule has 2 aromatic carbocycles. The van der Waals surface area contributed by atoms with Gasteiger partial charge in [-0.3, -0.25) is 4.79 Å². The van der Waals surface area contributed by atoms with Gasteiger partial charge in [-0.2, -0.15) is 4.98 Å². The lowest BCUT2D eigenvalue weighted by Crippen LogP contribution is -2.28. The van der Waals surface area contributed by atoms with E-state index in [0.29, 0.717) is 17.5 Å². The van der Waals surface area contributed by atoms with Crippen molar-refractivity contribution in [2.75, 3.05) is 6.61 Å². The van der Waals surface area contributed by atoms with Gasteiger partial charge in [0.1, 0.15) is 5.75 Å². The fraction of sp³-hybridized carbons (Fsp3) is 0.250. The molecule has 0 saturated carbocycles. The van der Waals surface area contributed by atoms with Crippen molar-refractivity contribution in [2.24, 2.45) is 0 Å². The number of benzene rings is 2. The van der Waals surface area contributed by atoms with Crippen LogP contribution in [-0.2, 0) is 11.3 Å². The van der Waals surface area contributed by atoms with Gasteiger partial charge in [0.05, 0.1) is 6.54 Å². The minimum Gasteiger partial charge on any atom is -0.484 e. The molecule has 1 amide bonds. The Kier molecular flexibility index (Phi) is 5.31. The summed E-state index contributed by atoms with van der Waals surface area (Å²) in [7, 11) is 0. The number of ether oxygens (including phenoxy) is 1. The Balaban J connectivity index is 1.52. The zero-order chi connectivity index (χ0) is 18.5. The number of nitrogens with zero attached hydrogens (tertiary/aromatic N) is 2. The van der Waals surface area contributed by atoms with Crippen LogP contribution in [0.4, 0.5) is 0 Å². The van der Waals surface area contributed by atoms with Gasteiger partial charge < -0.3 is 14.6 Å². The van der Waals surface area contributed by atoms with E-state index in [0.717, 1.165) is 22.3 Å². The Hall–Kier alpha value is -3.15. The van der Waals surface area contributed by atoms with Gasteiger partial charge in [0.15, 0.2) is 6.61 Å². The maximum atomic E-state index is 12.0. The Labute approximate surface area is 152 Å². The van der Waals surface area contributed by atoms with Crippen molar-refractivity contribution in [2.45, 2.75) is 27.3 Å². The van der Waals surface area contributed by atoms with Crippen LogP contribution in [0.5, 0.6) is 5.75 Å². The predicted molar refractivity (Wildman–Crippen MR) is 97.7 cm³/mol. The number of hydrogen-bond donors (Lipinski definition) is 1. The summed E-state index contributed by atoms with van der Waals surface area (Å²) >= 11 is 0. The van der Waals surface area contributed by atoms with Gasteiger partial charge in [0, 0.05) is 5.56 Å². The molecule has 0 saturated heterocycles. The maximum Gasteiger partial charge on any atom is 0.258 e. The smallest absolute Gasteiger partial charge is 0.258 e. The van der Waals surface area contributed by atoms with Crippen LogP contribution in [0, 0.1) is 20.8 Å². The molecule has 1 heterocycles. The van der Waals surface area contributed by atoms with Crippen molar-refractivity contribution in [1.29, 1.82) is 0 Å². The molecular weight excluding hydrogens is 330 g/mol. The van der Waals surface area contributed by atoms with Gasteiger partial charge in [-0.15, -0.1) is 0 Å². The quantitative estimate of drug-likeness (QED) is 0.737. The molecule has 6 nitrogen and oxygen atoms in total. The average molecular weight is 351 g/mol. The van der Waals surface area contributed by atoms with Gasteiger partial charge in [-0.1, -0.05) is 46.6 Å². The fourth-order valence-electron chi connectivity index (χ4n) is 2.56. The van der Waals surface area contributed by atoms with E-state index in [9.17, 15) is 4.79 Å². The highest BCUT2D eigenvalue weighted by atomic mass is 16.5. The lowest BCUT2D eigenvalue weighted by Gasteiger charge is -2.09. The van der Waals surface area contributed by atoms with E-state index in [1.165, 1.54) is 0 Å². The summed E-state index contributed by atoms with van der Waals surface area (Å²) in [6.45, 7) is 6.06. The standard InChI is InChI=1S/C20H21N3O3/c1-13-5-4-6-16(10-13)20-22-19(26-23-20)11-21-18(24)12-25-17-8-7-14(2)9-15(17)3/h4-10H,11-12H2,1-3H3,(H,21,24). The number of rotatable bonds is 6. The SMILES string of the molecule is Cc1cccc(-c2noc(CNC(=O)COc3ccc(C)cc3C)n2)c1. The predicted octanol–water partition coefficient (Wildman–Crippen LogP) is 3.36. The third kappa shape index (κ3) is 4.47. The number of hydrogen-bond acceptors (Lipinski definition) is 5. The Morgan fingerprint density at radius 3 is 2.69 bits per heavy atom. The molecule has 0 bridgehead atoms. The Bertz CT molecular complexity index is 918. The number of carbonyl (C=O) groups excluding carboxylic acids is 1. The van der Waals surface area contributed by atoms with Crippen molar-refractivity contribution < 1.29 is 14.1 Å². The number of aryl methyl sites for hydroxylation is 3. The third-order valence-electron chi connectivity index (χ3n) is 3.87. The number of amides is 1. The zero-order valence-electron chi connectivity index (χ0n) is 15.1. The summed E-state index contributed by atoms with van der Waals surface area (Å²) in [6.07, 6.45) is 0. The van der Waals surface area contributed by atoms with Crippen LogP contribution in [0.25, 0.3) is 11.4 Å². The first-order valence-corrected chi connectivity index (χ1v) is 8.37. The van der Waals surface area contributed by atoms with Crippen LogP contribution < -0.4 is 10.1 Å². The molecule has 3 rings (SSSR count). The third-order valence-corrected chi connectivity index (χ3v) is 3.87. The van der Waals surface area contributed by atoms with Crippen LogP contribution >= 0.6 is 0 Å². The van der Waals surface area contributed by atoms with Crippen LogP contribution in [0.1, 0.15) is 22.6 Å². The second-order valence-corrected chi connectivity index (χ2v) is 6.22. The normalized spacial score (nSPS) is 10.6. The summed E-state index contributed by atoms with van der Waals surface area (Å²) in [5.74, 6) is 1.30. The highest BCUT2D eigenvalue weighted by molar-refractivity contribution is 5.77. The van der Waals surface area contributed by atoms with E-state index in [1.807, 2.05) is 63.2 Å². The second kappa shape index (κ2) is 7.82. The van der Waals surface area contributed by atoms with Crippen molar-refractivity contribution in [3.63, 3.8) is 0 Å². The van der Waals surface area contributed by atoms with Crippen LogP contribution in [0.3, 0.4) is 0 Å². The molecule has 0 aliphatic heterocycles. The summed E-state index contributed by atoms with van der Waals surface area (Å²) in [6, 6.07) is 13.7.